The quantitative estimate of drug-likeness (QED) is 0.895. The van der Waals surface area contributed by atoms with Gasteiger partial charge in [0.1, 0.15) is 5.82 Å². The molecule has 2 aromatic rings. The summed E-state index contributed by atoms with van der Waals surface area (Å²) in [5.74, 6) is 1.24. The average Bonchev–Trinajstić information content (AvgIpc) is 3.00. The van der Waals surface area contributed by atoms with E-state index in [1.54, 1.807) is 0 Å². The molecular weight excluding hydrogens is 222 g/mol. The van der Waals surface area contributed by atoms with Crippen molar-refractivity contribution >= 4 is 11.0 Å². The lowest BCUT2D eigenvalue weighted by Crippen LogP contribution is -2.27. The standard InChI is InChI=1S/C15H21N3/c1-2-6-15-17-13-8-3-4-9-14(13)18(15)11-12-7-5-10-16-12/h3-4,8-9,12,16H,2,5-7,10-11H2,1H3/t12-/m0/s1. The van der Waals surface area contributed by atoms with Gasteiger partial charge in [-0.25, -0.2) is 4.98 Å². The molecule has 1 N–H and O–H groups in total. The Bertz CT molecular complexity index is 524. The van der Waals surface area contributed by atoms with Crippen molar-refractivity contribution in [2.75, 3.05) is 6.54 Å². The van der Waals surface area contributed by atoms with Gasteiger partial charge >= 0.3 is 0 Å². The molecule has 1 aromatic heterocycles. The summed E-state index contributed by atoms with van der Waals surface area (Å²) in [6.45, 7) is 4.45. The first-order chi connectivity index (χ1) is 8.88. The predicted octanol–water partition coefficient (Wildman–Crippen LogP) is 2.74. The molecule has 0 bridgehead atoms. The van der Waals surface area contributed by atoms with Gasteiger partial charge in [-0.05, 0) is 37.9 Å². The van der Waals surface area contributed by atoms with Crippen LogP contribution in [0.3, 0.4) is 0 Å². The van der Waals surface area contributed by atoms with Crippen LogP contribution in [-0.2, 0) is 13.0 Å². The van der Waals surface area contributed by atoms with Crippen LogP contribution in [0.2, 0.25) is 0 Å². The molecule has 18 heavy (non-hydrogen) atoms. The number of nitrogens with zero attached hydrogens (tertiary/aromatic N) is 2. The lowest BCUT2D eigenvalue weighted by molar-refractivity contribution is 0.503. The van der Waals surface area contributed by atoms with Crippen LogP contribution < -0.4 is 5.32 Å². The van der Waals surface area contributed by atoms with E-state index in [1.165, 1.54) is 30.7 Å². The number of nitrogens with one attached hydrogen (secondary N) is 1. The third-order valence-corrected chi connectivity index (χ3v) is 3.77. The van der Waals surface area contributed by atoms with Crippen molar-refractivity contribution < 1.29 is 0 Å². The van der Waals surface area contributed by atoms with Gasteiger partial charge in [0.15, 0.2) is 0 Å². The Morgan fingerprint density at radius 3 is 3.06 bits per heavy atom. The normalized spacial score (nSPS) is 19.7. The van der Waals surface area contributed by atoms with E-state index in [2.05, 4.69) is 41.1 Å². The molecular formula is C15H21N3. The Labute approximate surface area is 108 Å². The zero-order valence-electron chi connectivity index (χ0n) is 11.0. The van der Waals surface area contributed by atoms with E-state index in [0.717, 1.165) is 24.9 Å². The fourth-order valence-electron chi connectivity index (χ4n) is 2.88. The van der Waals surface area contributed by atoms with Crippen molar-refractivity contribution in [3.8, 4) is 0 Å². The summed E-state index contributed by atoms with van der Waals surface area (Å²) in [5, 5.41) is 3.58. The van der Waals surface area contributed by atoms with Crippen molar-refractivity contribution in [1.29, 1.82) is 0 Å². The molecule has 96 valence electrons. The number of hydrogen-bond acceptors (Lipinski definition) is 2. The predicted molar refractivity (Wildman–Crippen MR) is 74.8 cm³/mol. The maximum absolute atomic E-state index is 4.78. The number of para-hydroxylation sites is 2. The molecule has 1 atom stereocenters. The van der Waals surface area contributed by atoms with E-state index >= 15 is 0 Å². The van der Waals surface area contributed by atoms with E-state index in [4.69, 9.17) is 4.98 Å². The summed E-state index contributed by atoms with van der Waals surface area (Å²) in [6, 6.07) is 9.11. The highest BCUT2D eigenvalue weighted by atomic mass is 15.1. The minimum atomic E-state index is 0.623. The van der Waals surface area contributed by atoms with Crippen molar-refractivity contribution in [2.45, 2.75) is 45.2 Å². The zero-order valence-corrected chi connectivity index (χ0v) is 11.0. The maximum Gasteiger partial charge on any atom is 0.109 e. The number of hydrogen-bond donors (Lipinski definition) is 1. The summed E-state index contributed by atoms with van der Waals surface area (Å²) < 4.78 is 2.42. The van der Waals surface area contributed by atoms with Crippen LogP contribution in [0.5, 0.6) is 0 Å². The van der Waals surface area contributed by atoms with Gasteiger partial charge in [-0.2, -0.15) is 0 Å². The molecule has 1 aliphatic rings. The Balaban J connectivity index is 1.97. The van der Waals surface area contributed by atoms with Crippen LogP contribution in [0, 0.1) is 0 Å². The van der Waals surface area contributed by atoms with Crippen LogP contribution in [0.25, 0.3) is 11.0 Å². The summed E-state index contributed by atoms with van der Waals surface area (Å²) in [6.07, 6.45) is 4.82. The highest BCUT2D eigenvalue weighted by molar-refractivity contribution is 5.75. The lowest BCUT2D eigenvalue weighted by atomic mass is 10.2. The Hall–Kier alpha value is -1.35. The van der Waals surface area contributed by atoms with Crippen molar-refractivity contribution in [3.05, 3.63) is 30.1 Å². The summed E-state index contributed by atoms with van der Waals surface area (Å²) in [4.78, 5) is 4.78. The number of aryl methyl sites for hydroxylation is 1. The molecule has 1 fully saturated rings. The Morgan fingerprint density at radius 1 is 1.39 bits per heavy atom. The first-order valence-electron chi connectivity index (χ1n) is 7.06. The third kappa shape index (κ3) is 2.15. The van der Waals surface area contributed by atoms with Gasteiger partial charge in [-0.15, -0.1) is 0 Å². The third-order valence-electron chi connectivity index (χ3n) is 3.77. The van der Waals surface area contributed by atoms with Crippen molar-refractivity contribution in [2.24, 2.45) is 0 Å². The molecule has 3 heteroatoms. The highest BCUT2D eigenvalue weighted by Gasteiger charge is 2.17. The van der Waals surface area contributed by atoms with Crippen LogP contribution in [0.1, 0.15) is 32.0 Å². The summed E-state index contributed by atoms with van der Waals surface area (Å²) in [7, 11) is 0. The number of fused-ring (bicyclic) bond motifs is 1. The zero-order chi connectivity index (χ0) is 12.4. The topological polar surface area (TPSA) is 29.9 Å². The molecule has 3 rings (SSSR count). The van der Waals surface area contributed by atoms with Crippen molar-refractivity contribution in [1.82, 2.24) is 14.9 Å². The van der Waals surface area contributed by atoms with Crippen LogP contribution in [0.4, 0.5) is 0 Å². The second kappa shape index (κ2) is 5.11. The lowest BCUT2D eigenvalue weighted by Gasteiger charge is -2.14. The second-order valence-corrected chi connectivity index (χ2v) is 5.17. The van der Waals surface area contributed by atoms with Gasteiger partial charge in [-0.1, -0.05) is 19.1 Å². The molecule has 3 nitrogen and oxygen atoms in total. The Morgan fingerprint density at radius 2 is 2.28 bits per heavy atom. The first kappa shape index (κ1) is 11.7. The largest absolute Gasteiger partial charge is 0.326 e. The van der Waals surface area contributed by atoms with Gasteiger partial charge in [-0.3, -0.25) is 0 Å². The van der Waals surface area contributed by atoms with E-state index in [1.807, 2.05) is 0 Å². The van der Waals surface area contributed by atoms with Gasteiger partial charge in [0.25, 0.3) is 0 Å². The number of rotatable bonds is 4. The minimum Gasteiger partial charge on any atom is -0.326 e. The number of imidazole rings is 1. The SMILES string of the molecule is CCCc1nc2ccccc2n1C[C@@H]1CCCN1. The molecule has 0 spiro atoms. The minimum absolute atomic E-state index is 0.623. The second-order valence-electron chi connectivity index (χ2n) is 5.17. The van der Waals surface area contributed by atoms with Gasteiger partial charge in [0, 0.05) is 19.0 Å². The molecule has 0 saturated carbocycles. The van der Waals surface area contributed by atoms with Gasteiger partial charge < -0.3 is 9.88 Å². The van der Waals surface area contributed by atoms with Crippen LogP contribution in [0.15, 0.2) is 24.3 Å². The smallest absolute Gasteiger partial charge is 0.109 e. The van der Waals surface area contributed by atoms with Gasteiger partial charge in [0.05, 0.1) is 11.0 Å². The molecule has 0 aliphatic carbocycles. The Kier molecular flexibility index (Phi) is 3.33. The molecule has 2 heterocycles. The number of benzene rings is 1. The van der Waals surface area contributed by atoms with E-state index in [0.29, 0.717) is 6.04 Å². The number of aromatic nitrogens is 2. The highest BCUT2D eigenvalue weighted by Crippen LogP contribution is 2.19. The van der Waals surface area contributed by atoms with E-state index < -0.39 is 0 Å². The summed E-state index contributed by atoms with van der Waals surface area (Å²) >= 11 is 0. The van der Waals surface area contributed by atoms with E-state index in [-0.39, 0.29) is 0 Å². The van der Waals surface area contributed by atoms with E-state index in [9.17, 15) is 0 Å². The molecule has 1 saturated heterocycles. The molecule has 0 radical (unpaired) electrons. The van der Waals surface area contributed by atoms with Crippen LogP contribution in [-0.4, -0.2) is 22.1 Å². The van der Waals surface area contributed by atoms with Crippen molar-refractivity contribution in [3.63, 3.8) is 0 Å². The molecule has 1 aliphatic heterocycles. The monoisotopic (exact) mass is 243 g/mol. The summed E-state index contributed by atoms with van der Waals surface area (Å²) in [5.41, 5.74) is 2.42. The average molecular weight is 243 g/mol. The molecule has 1 aromatic carbocycles. The molecule has 0 amide bonds. The van der Waals surface area contributed by atoms with Gasteiger partial charge in [0.2, 0.25) is 0 Å². The maximum atomic E-state index is 4.78. The van der Waals surface area contributed by atoms with Crippen LogP contribution >= 0.6 is 0 Å². The first-order valence-corrected chi connectivity index (χ1v) is 7.06. The molecule has 0 unspecified atom stereocenters. The fraction of sp³-hybridized carbons (Fsp3) is 0.533. The fourth-order valence-corrected chi connectivity index (χ4v) is 2.88.